The van der Waals surface area contributed by atoms with Gasteiger partial charge in [-0.1, -0.05) is 6.92 Å². The molecule has 132 valence electrons. The van der Waals surface area contributed by atoms with Crippen LogP contribution in [0.15, 0.2) is 0 Å². The molecule has 1 aliphatic carbocycles. The zero-order valence-corrected chi connectivity index (χ0v) is 13.9. The fourth-order valence-electron chi connectivity index (χ4n) is 2.04. The molecule has 6 N–H and O–H groups in total. The molecule has 1 rings (SSSR count). The molecule has 15 heteroatoms. The maximum absolute atomic E-state index is 11.4. The third-order valence-electron chi connectivity index (χ3n) is 2.98. The summed E-state index contributed by atoms with van der Waals surface area (Å²) in [6, 6.07) is 0. The molecule has 1 aliphatic rings. The first-order chi connectivity index (χ1) is 9.72. The Morgan fingerprint density at radius 2 is 1.55 bits per heavy atom. The van der Waals surface area contributed by atoms with Gasteiger partial charge in [-0.25, -0.2) is 13.7 Å². The Hall–Kier alpha value is 0.330. The van der Waals surface area contributed by atoms with Gasteiger partial charge in [0.05, 0.1) is 18.8 Å². The van der Waals surface area contributed by atoms with E-state index in [0.717, 1.165) is 0 Å². The molecule has 1 fully saturated rings. The van der Waals surface area contributed by atoms with Crippen molar-refractivity contribution in [3.63, 3.8) is 0 Å². The van der Waals surface area contributed by atoms with E-state index in [2.05, 4.69) is 13.1 Å². The third-order valence-corrected chi connectivity index (χ3v) is 6.78. The molecule has 0 bridgehead atoms. The highest BCUT2D eigenvalue weighted by Crippen LogP contribution is 2.66. The van der Waals surface area contributed by atoms with Crippen LogP contribution in [0.3, 0.4) is 0 Å². The Kier molecular flexibility index (Phi) is 6.54. The van der Waals surface area contributed by atoms with Crippen molar-refractivity contribution in [3.05, 3.63) is 0 Å². The Morgan fingerprint density at radius 1 is 1.00 bits per heavy atom. The van der Waals surface area contributed by atoms with Crippen molar-refractivity contribution in [2.75, 3.05) is 6.61 Å². The van der Waals surface area contributed by atoms with Crippen LogP contribution in [0.25, 0.3) is 0 Å². The maximum atomic E-state index is 11.4. The smallest absolute Gasteiger partial charge is 0.393 e. The van der Waals surface area contributed by atoms with E-state index in [9.17, 15) is 28.8 Å². The number of hydrogen-bond donors (Lipinski definition) is 6. The molecule has 0 heterocycles. The van der Waals surface area contributed by atoms with Gasteiger partial charge in [0.25, 0.3) is 0 Å². The summed E-state index contributed by atoms with van der Waals surface area (Å²) < 4.78 is 44.4. The van der Waals surface area contributed by atoms with Crippen LogP contribution in [-0.4, -0.2) is 48.6 Å². The summed E-state index contributed by atoms with van der Waals surface area (Å²) in [5.74, 6) is -1.22. The number of rotatable bonds is 7. The van der Waals surface area contributed by atoms with Crippen molar-refractivity contribution in [2.45, 2.75) is 25.6 Å². The van der Waals surface area contributed by atoms with Crippen molar-refractivity contribution >= 4 is 23.5 Å². The van der Waals surface area contributed by atoms with Gasteiger partial charge in [-0.15, -0.1) is 0 Å². The highest BCUT2D eigenvalue weighted by molar-refractivity contribution is 7.66. The molecule has 0 amide bonds. The summed E-state index contributed by atoms with van der Waals surface area (Å²) in [5, 5.41) is 19.4. The predicted octanol–water partition coefficient (Wildman–Crippen LogP) is -0.293. The highest BCUT2D eigenvalue weighted by atomic mass is 31.3. The van der Waals surface area contributed by atoms with Gasteiger partial charge in [-0.2, -0.15) is 8.62 Å². The average Bonchev–Trinajstić information content (AvgIpc) is 2.45. The molecule has 4 unspecified atom stereocenters. The predicted molar refractivity (Wildman–Crippen MR) is 69.1 cm³/mol. The number of aliphatic hydroxyl groups is 2. The topological polar surface area (TPSA) is 200 Å². The Labute approximate surface area is 125 Å². The Bertz CT molecular complexity index is 529. The van der Waals surface area contributed by atoms with E-state index in [0.29, 0.717) is 0 Å². The molecule has 0 spiro atoms. The fourth-order valence-corrected chi connectivity index (χ4v) is 5.09. The number of hydrogen-bond acceptors (Lipinski definition) is 8. The van der Waals surface area contributed by atoms with Gasteiger partial charge in [0.1, 0.15) is 0 Å². The van der Waals surface area contributed by atoms with E-state index in [4.69, 9.17) is 14.7 Å². The Balaban J connectivity index is 2.63. The van der Waals surface area contributed by atoms with Gasteiger partial charge >= 0.3 is 23.5 Å². The molecule has 6 atom stereocenters. The van der Waals surface area contributed by atoms with Crippen LogP contribution in [0, 0.1) is 11.8 Å². The molecule has 0 aromatic carbocycles. The van der Waals surface area contributed by atoms with E-state index in [-0.39, 0.29) is 12.3 Å². The van der Waals surface area contributed by atoms with Crippen LogP contribution in [0.2, 0.25) is 0 Å². The van der Waals surface area contributed by atoms with E-state index in [1.165, 1.54) is 0 Å². The lowest BCUT2D eigenvalue weighted by Gasteiger charge is -2.21. The van der Waals surface area contributed by atoms with Gasteiger partial charge in [0.2, 0.25) is 0 Å². The van der Waals surface area contributed by atoms with Gasteiger partial charge in [-0.05, 0) is 12.3 Å². The van der Waals surface area contributed by atoms with Crippen LogP contribution < -0.4 is 0 Å². The molecule has 1 saturated carbocycles. The normalized spacial score (nSPS) is 35.0. The van der Waals surface area contributed by atoms with Crippen LogP contribution in [0.1, 0.15) is 13.3 Å². The first-order valence-electron chi connectivity index (χ1n) is 5.87. The standard InChI is InChI=1S/C7H17O12P3/c1-4-2-6(8)5(7(4)9)3-17-21(13,14)19-22(15,16)18-20(10,11)12/h4-9H,2-3H2,1H3,(H,13,14)(H,15,16)(H2,10,11,12)/t4-,5+,6?,7?/m0/s1. The molecular weight excluding hydrogens is 369 g/mol. The van der Waals surface area contributed by atoms with E-state index < -0.39 is 48.2 Å². The van der Waals surface area contributed by atoms with Crippen LogP contribution in [0.4, 0.5) is 0 Å². The summed E-state index contributed by atoms with van der Waals surface area (Å²) >= 11 is 0. The first-order valence-corrected chi connectivity index (χ1v) is 10.4. The zero-order chi connectivity index (χ0) is 17.3. The summed E-state index contributed by atoms with van der Waals surface area (Å²) in [5.41, 5.74) is 0. The minimum Gasteiger partial charge on any atom is -0.393 e. The van der Waals surface area contributed by atoms with E-state index >= 15 is 0 Å². The molecule has 0 radical (unpaired) electrons. The second-order valence-electron chi connectivity index (χ2n) is 4.82. The summed E-state index contributed by atoms with van der Waals surface area (Å²) in [7, 11) is -16.2. The zero-order valence-electron chi connectivity index (χ0n) is 11.2. The van der Waals surface area contributed by atoms with Crippen LogP contribution in [0.5, 0.6) is 0 Å². The average molecular weight is 386 g/mol. The third kappa shape index (κ3) is 6.45. The molecule has 0 aromatic heterocycles. The molecule has 0 aliphatic heterocycles. The molecule has 22 heavy (non-hydrogen) atoms. The highest BCUT2D eigenvalue weighted by Gasteiger charge is 2.44. The minimum absolute atomic E-state index is 0.228. The largest absolute Gasteiger partial charge is 0.490 e. The van der Waals surface area contributed by atoms with Crippen molar-refractivity contribution in [1.82, 2.24) is 0 Å². The molecular formula is C7H17O12P3. The number of aliphatic hydroxyl groups excluding tert-OH is 2. The van der Waals surface area contributed by atoms with E-state index in [1.807, 2.05) is 0 Å². The van der Waals surface area contributed by atoms with Gasteiger partial charge in [-0.3, -0.25) is 4.52 Å². The van der Waals surface area contributed by atoms with Crippen LogP contribution in [-0.2, 0) is 26.8 Å². The Morgan fingerprint density at radius 3 is 1.95 bits per heavy atom. The van der Waals surface area contributed by atoms with Crippen molar-refractivity contribution in [3.8, 4) is 0 Å². The lowest BCUT2D eigenvalue weighted by Crippen LogP contribution is -2.28. The lowest BCUT2D eigenvalue weighted by molar-refractivity contribution is 0.0207. The van der Waals surface area contributed by atoms with Gasteiger partial charge in [0, 0.05) is 5.92 Å². The second-order valence-corrected chi connectivity index (χ2v) is 9.24. The quantitative estimate of drug-likeness (QED) is 0.313. The molecule has 0 saturated heterocycles. The van der Waals surface area contributed by atoms with Crippen molar-refractivity contribution < 1.29 is 56.6 Å². The summed E-state index contributed by atoms with van der Waals surface area (Å²) in [6.45, 7) is 0.953. The maximum Gasteiger partial charge on any atom is 0.490 e. The SMILES string of the molecule is C[C@H]1CC(O)[C@@H](COP(=O)(O)OP(=O)(O)OP(=O)(O)O)C1O. The van der Waals surface area contributed by atoms with Gasteiger partial charge in [0.15, 0.2) is 0 Å². The van der Waals surface area contributed by atoms with Crippen molar-refractivity contribution in [2.24, 2.45) is 11.8 Å². The van der Waals surface area contributed by atoms with E-state index in [1.54, 1.807) is 6.92 Å². The first kappa shape index (κ1) is 20.4. The fraction of sp³-hybridized carbons (Fsp3) is 1.00. The lowest BCUT2D eigenvalue weighted by atomic mass is 10.0. The summed E-state index contributed by atoms with van der Waals surface area (Å²) in [4.78, 5) is 34.9. The van der Waals surface area contributed by atoms with Gasteiger partial charge < -0.3 is 29.8 Å². The molecule has 0 aromatic rings. The number of phosphoric acid groups is 3. The monoisotopic (exact) mass is 386 g/mol. The summed E-state index contributed by atoms with van der Waals surface area (Å²) in [6.07, 6.45) is -1.81. The van der Waals surface area contributed by atoms with Crippen LogP contribution >= 0.6 is 23.5 Å². The second kappa shape index (κ2) is 7.06. The number of phosphoric ester groups is 1. The minimum atomic E-state index is -5.57. The van der Waals surface area contributed by atoms with Crippen molar-refractivity contribution in [1.29, 1.82) is 0 Å². The molecule has 12 nitrogen and oxygen atoms in total.